The number of nitrogens with one attached hydrogen (secondary N) is 1. The minimum Gasteiger partial charge on any atom is -0.391 e. The van der Waals surface area contributed by atoms with Crippen molar-refractivity contribution in [2.24, 2.45) is 10.5 Å². The summed E-state index contributed by atoms with van der Waals surface area (Å²) in [6.45, 7) is 6.70. The summed E-state index contributed by atoms with van der Waals surface area (Å²) in [6.07, 6.45) is -0.462. The largest absolute Gasteiger partial charge is 0.391 e. The normalized spacial score (nSPS) is 22.4. The molecule has 0 bridgehead atoms. The molecule has 5 N–H and O–H groups in total. The van der Waals surface area contributed by atoms with Crippen LogP contribution in [0.1, 0.15) is 59.3 Å². The molecule has 1 aliphatic heterocycles. The smallest absolute Gasteiger partial charge is 0.252 e. The number of methoxy groups -OCH3 is 1. The van der Waals surface area contributed by atoms with Crippen molar-refractivity contribution < 1.29 is 34.8 Å². The van der Waals surface area contributed by atoms with Crippen LogP contribution >= 0.6 is 0 Å². The van der Waals surface area contributed by atoms with Gasteiger partial charge in [0.2, 0.25) is 5.91 Å². The zero-order valence-corrected chi connectivity index (χ0v) is 21.8. The molecule has 0 aromatic heterocycles. The van der Waals surface area contributed by atoms with Crippen LogP contribution in [0.15, 0.2) is 17.3 Å². The van der Waals surface area contributed by atoms with Gasteiger partial charge in [-0.25, -0.2) is 0 Å². The molecule has 12 nitrogen and oxygen atoms in total. The molecule has 0 spiro atoms. The predicted octanol–water partition coefficient (Wildman–Crippen LogP) is 1.03. The number of β-amino-alcohol motifs (C(OH)–C–C–N with tert-alkyl or cyclic N) is 1. The second-order valence-corrected chi connectivity index (χ2v) is 10.3. The number of allylic oxidation sites excluding steroid dienone is 1. The maximum absolute atomic E-state index is 13.1. The zero-order chi connectivity index (χ0) is 27.3. The molecular formula is C24H43N5O7. The Morgan fingerprint density at radius 3 is 2.50 bits per heavy atom. The minimum atomic E-state index is -1.75. The third-order valence-electron chi connectivity index (χ3n) is 5.96. The summed E-state index contributed by atoms with van der Waals surface area (Å²) in [5.41, 5.74) is 8.04. The van der Waals surface area contributed by atoms with E-state index in [0.717, 1.165) is 19.3 Å². The van der Waals surface area contributed by atoms with Crippen LogP contribution < -0.4 is 5.32 Å². The highest BCUT2D eigenvalue weighted by Gasteiger charge is 2.38. The van der Waals surface area contributed by atoms with Gasteiger partial charge in [0.25, 0.3) is 5.91 Å². The van der Waals surface area contributed by atoms with Gasteiger partial charge in [-0.15, -0.1) is 0 Å². The number of azide groups is 1. The van der Waals surface area contributed by atoms with E-state index in [1.165, 1.54) is 18.1 Å². The first-order valence-electron chi connectivity index (χ1n) is 12.5. The van der Waals surface area contributed by atoms with Gasteiger partial charge in [-0.1, -0.05) is 50.9 Å². The second kappa shape index (κ2) is 15.8. The fourth-order valence-corrected chi connectivity index (χ4v) is 3.90. The number of carbonyl (C=O) groups excluding carboxylic acids is 2. The molecule has 0 saturated carbocycles. The highest BCUT2D eigenvalue weighted by molar-refractivity contribution is 5.90. The SMILES string of the molecule is CO[C@@H](C(=O)N[C@H]1CC[C@@H](O)CN(CCCCCCN=[N+]=[N-])C1=O)[C@H](O)[C@@H](O)[C@H](O)/C=C/C(C)(C)C. The number of ether oxygens (including phenoxy) is 1. The monoisotopic (exact) mass is 513 g/mol. The van der Waals surface area contributed by atoms with E-state index in [0.29, 0.717) is 25.9 Å². The molecule has 1 heterocycles. The molecule has 2 amide bonds. The number of aliphatic hydroxyl groups excluding tert-OH is 4. The van der Waals surface area contributed by atoms with E-state index in [4.69, 9.17) is 10.3 Å². The summed E-state index contributed by atoms with van der Waals surface area (Å²) in [5, 5.41) is 47.4. The van der Waals surface area contributed by atoms with Crippen molar-refractivity contribution in [3.63, 3.8) is 0 Å². The first-order chi connectivity index (χ1) is 16.9. The Balaban J connectivity index is 2.75. The molecule has 0 aliphatic carbocycles. The van der Waals surface area contributed by atoms with E-state index in [9.17, 15) is 30.0 Å². The van der Waals surface area contributed by atoms with Crippen LogP contribution in [0.3, 0.4) is 0 Å². The van der Waals surface area contributed by atoms with E-state index in [1.807, 2.05) is 20.8 Å². The molecule has 12 heteroatoms. The third kappa shape index (κ3) is 11.2. The van der Waals surface area contributed by atoms with Crippen LogP contribution in [0, 0.1) is 5.41 Å². The summed E-state index contributed by atoms with van der Waals surface area (Å²) in [7, 11) is 1.18. The maximum atomic E-state index is 13.1. The third-order valence-corrected chi connectivity index (χ3v) is 5.96. The second-order valence-electron chi connectivity index (χ2n) is 10.3. The Labute approximate surface area is 212 Å². The fraction of sp³-hybridized carbons (Fsp3) is 0.833. The highest BCUT2D eigenvalue weighted by atomic mass is 16.5. The number of unbranched alkanes of at least 4 members (excludes halogenated alkanes) is 3. The number of likely N-dealkylation sites (tertiary alicyclic amines) is 1. The van der Waals surface area contributed by atoms with Crippen molar-refractivity contribution in [3.05, 3.63) is 22.6 Å². The quantitative estimate of drug-likeness (QED) is 0.0753. The molecule has 206 valence electrons. The summed E-state index contributed by atoms with van der Waals surface area (Å²) in [6, 6.07) is -0.924. The first-order valence-corrected chi connectivity index (χ1v) is 12.5. The molecule has 1 rings (SSSR count). The maximum Gasteiger partial charge on any atom is 0.252 e. The van der Waals surface area contributed by atoms with Crippen LogP contribution in [-0.2, 0) is 14.3 Å². The van der Waals surface area contributed by atoms with Crippen molar-refractivity contribution in [2.75, 3.05) is 26.7 Å². The van der Waals surface area contributed by atoms with Gasteiger partial charge in [0, 0.05) is 31.7 Å². The summed E-state index contributed by atoms with van der Waals surface area (Å²) in [5.74, 6) is -1.14. The Bertz CT molecular complexity index is 766. The fourth-order valence-electron chi connectivity index (χ4n) is 3.90. The van der Waals surface area contributed by atoms with Crippen molar-refractivity contribution in [1.29, 1.82) is 0 Å². The van der Waals surface area contributed by atoms with Crippen LogP contribution in [-0.4, -0.2) is 100 Å². The van der Waals surface area contributed by atoms with Crippen LogP contribution in [0.4, 0.5) is 0 Å². The number of hydrogen-bond acceptors (Lipinski definition) is 8. The standard InChI is InChI=1S/C24H43N5O7/c1-24(2,3)12-11-18(31)19(32)20(33)21(36-4)22(34)27-17-10-9-16(30)15-29(23(17)35)14-8-6-5-7-13-26-28-25/h11-12,16-21,30-33H,5-10,13-15H2,1-4H3,(H,27,34)/b12-11+/t16-,17+,18-,19+,20-,21-/m1/s1. The van der Waals surface area contributed by atoms with Gasteiger partial charge in [-0.3, -0.25) is 9.59 Å². The lowest BCUT2D eigenvalue weighted by Gasteiger charge is -2.29. The van der Waals surface area contributed by atoms with Crippen molar-refractivity contribution in [3.8, 4) is 0 Å². The molecule has 1 fully saturated rings. The summed E-state index contributed by atoms with van der Waals surface area (Å²) in [4.78, 5) is 30.2. The van der Waals surface area contributed by atoms with Crippen LogP contribution in [0.25, 0.3) is 10.4 Å². The van der Waals surface area contributed by atoms with Gasteiger partial charge < -0.3 is 35.4 Å². The molecule has 0 aromatic rings. The van der Waals surface area contributed by atoms with Gasteiger partial charge in [0.05, 0.1) is 6.10 Å². The lowest BCUT2D eigenvalue weighted by atomic mass is 9.94. The number of nitrogens with zero attached hydrogens (tertiary/aromatic N) is 4. The lowest BCUT2D eigenvalue weighted by molar-refractivity contribution is -0.151. The van der Waals surface area contributed by atoms with Crippen LogP contribution in [0.5, 0.6) is 0 Å². The average Bonchev–Trinajstić information content (AvgIpc) is 2.94. The first kappa shape index (κ1) is 31.8. The van der Waals surface area contributed by atoms with E-state index < -0.39 is 42.5 Å². The number of hydrogen-bond donors (Lipinski definition) is 5. The molecule has 0 radical (unpaired) electrons. The molecular weight excluding hydrogens is 470 g/mol. The molecule has 1 aliphatic rings. The topological polar surface area (TPSA) is 188 Å². The lowest BCUT2D eigenvalue weighted by Crippen LogP contribution is -2.56. The van der Waals surface area contributed by atoms with E-state index in [2.05, 4.69) is 15.3 Å². The molecule has 36 heavy (non-hydrogen) atoms. The molecule has 0 unspecified atom stereocenters. The van der Waals surface area contributed by atoms with Crippen molar-refractivity contribution >= 4 is 11.8 Å². The Morgan fingerprint density at radius 1 is 1.22 bits per heavy atom. The van der Waals surface area contributed by atoms with E-state index in [1.54, 1.807) is 6.08 Å². The Morgan fingerprint density at radius 2 is 1.89 bits per heavy atom. The summed E-state index contributed by atoms with van der Waals surface area (Å²) < 4.78 is 5.10. The number of rotatable bonds is 14. The van der Waals surface area contributed by atoms with Gasteiger partial charge in [0.1, 0.15) is 24.4 Å². The van der Waals surface area contributed by atoms with E-state index in [-0.39, 0.29) is 24.3 Å². The highest BCUT2D eigenvalue weighted by Crippen LogP contribution is 2.18. The van der Waals surface area contributed by atoms with Gasteiger partial charge in [-0.05, 0) is 36.6 Å². The average molecular weight is 514 g/mol. The molecule has 6 atom stereocenters. The number of amides is 2. The number of carbonyl (C=O) groups is 2. The molecule has 0 aromatic carbocycles. The Hall–Kier alpha value is -2.21. The van der Waals surface area contributed by atoms with Gasteiger partial charge >= 0.3 is 0 Å². The van der Waals surface area contributed by atoms with Crippen LogP contribution in [0.2, 0.25) is 0 Å². The molecule has 1 saturated heterocycles. The minimum absolute atomic E-state index is 0.158. The number of aliphatic hydroxyl groups is 4. The van der Waals surface area contributed by atoms with E-state index >= 15 is 0 Å². The summed E-state index contributed by atoms with van der Waals surface area (Å²) >= 11 is 0. The van der Waals surface area contributed by atoms with Gasteiger partial charge in [0.15, 0.2) is 6.10 Å². The van der Waals surface area contributed by atoms with Crippen molar-refractivity contribution in [2.45, 2.75) is 95.9 Å². The van der Waals surface area contributed by atoms with Gasteiger partial charge in [-0.2, -0.15) is 0 Å². The van der Waals surface area contributed by atoms with Crippen molar-refractivity contribution in [1.82, 2.24) is 10.2 Å². The predicted molar refractivity (Wildman–Crippen MR) is 134 cm³/mol. The zero-order valence-electron chi connectivity index (χ0n) is 21.8. The Kier molecular flexibility index (Phi) is 14.0.